The monoisotopic (exact) mass is 365 g/mol. The van der Waals surface area contributed by atoms with E-state index in [-0.39, 0.29) is 36.0 Å². The molecule has 1 aliphatic heterocycles. The largest absolute Gasteiger partial charge is 0.477 e. The molecule has 0 radical (unpaired) electrons. The Morgan fingerprint density at radius 1 is 1.15 bits per heavy atom. The lowest BCUT2D eigenvalue weighted by molar-refractivity contribution is -0.385. The van der Waals surface area contributed by atoms with Crippen molar-refractivity contribution in [1.82, 2.24) is 9.80 Å². The van der Waals surface area contributed by atoms with Crippen LogP contribution in [0, 0.1) is 16.0 Å². The Balaban J connectivity index is 1.80. The Bertz CT molecular complexity index is 656. The number of nitro benzene ring substituents is 1. The summed E-state index contributed by atoms with van der Waals surface area (Å²) < 4.78 is 10.5. The summed E-state index contributed by atoms with van der Waals surface area (Å²) >= 11 is 0. The van der Waals surface area contributed by atoms with Crippen molar-refractivity contribution < 1.29 is 24.0 Å². The van der Waals surface area contributed by atoms with E-state index in [1.165, 1.54) is 18.2 Å². The second kappa shape index (κ2) is 9.02. The number of nitrogens with zero attached hydrogens (tertiary/aromatic N) is 3. The van der Waals surface area contributed by atoms with Gasteiger partial charge >= 0.3 is 11.8 Å². The van der Waals surface area contributed by atoms with Crippen LogP contribution in [0.5, 0.6) is 5.75 Å². The third-order valence-electron chi connectivity index (χ3n) is 3.84. The van der Waals surface area contributed by atoms with Crippen molar-refractivity contribution in [3.8, 4) is 5.75 Å². The number of ether oxygens (including phenoxy) is 2. The highest BCUT2D eigenvalue weighted by Gasteiger charge is 2.26. The Labute approximate surface area is 151 Å². The van der Waals surface area contributed by atoms with Crippen LogP contribution in [0.3, 0.4) is 0 Å². The Hall–Kier alpha value is -2.84. The van der Waals surface area contributed by atoms with E-state index in [0.29, 0.717) is 32.8 Å². The fourth-order valence-corrected chi connectivity index (χ4v) is 2.43. The van der Waals surface area contributed by atoms with Gasteiger partial charge in [-0.15, -0.1) is 0 Å². The molecule has 1 fully saturated rings. The smallest absolute Gasteiger partial charge is 0.409 e. The Morgan fingerprint density at radius 3 is 2.38 bits per heavy atom. The van der Waals surface area contributed by atoms with Gasteiger partial charge in [0.1, 0.15) is 0 Å². The van der Waals surface area contributed by atoms with Gasteiger partial charge in [-0.3, -0.25) is 14.9 Å². The molecule has 0 spiro atoms. The predicted octanol–water partition coefficient (Wildman–Crippen LogP) is 1.91. The molecule has 0 saturated carbocycles. The maximum absolute atomic E-state index is 12.2. The number of benzene rings is 1. The van der Waals surface area contributed by atoms with Gasteiger partial charge in [-0.1, -0.05) is 26.0 Å². The quantitative estimate of drug-likeness (QED) is 0.564. The van der Waals surface area contributed by atoms with Gasteiger partial charge in [0.15, 0.2) is 12.4 Å². The summed E-state index contributed by atoms with van der Waals surface area (Å²) in [7, 11) is 0. The zero-order valence-electron chi connectivity index (χ0n) is 14.9. The van der Waals surface area contributed by atoms with Crippen molar-refractivity contribution >= 4 is 17.7 Å². The van der Waals surface area contributed by atoms with E-state index < -0.39 is 4.92 Å². The van der Waals surface area contributed by atoms with E-state index >= 15 is 0 Å². The molecule has 0 atom stereocenters. The molecule has 2 rings (SSSR count). The average Bonchev–Trinajstić information content (AvgIpc) is 2.64. The van der Waals surface area contributed by atoms with E-state index in [0.717, 1.165) is 0 Å². The second-order valence-electron chi connectivity index (χ2n) is 6.35. The van der Waals surface area contributed by atoms with E-state index in [2.05, 4.69) is 0 Å². The molecule has 1 heterocycles. The minimum Gasteiger partial charge on any atom is -0.477 e. The number of hydrogen-bond acceptors (Lipinski definition) is 6. The Morgan fingerprint density at radius 2 is 1.77 bits per heavy atom. The number of amides is 2. The molecule has 9 heteroatoms. The van der Waals surface area contributed by atoms with Crippen LogP contribution in [0.1, 0.15) is 13.8 Å². The fraction of sp³-hybridized carbons (Fsp3) is 0.529. The lowest BCUT2D eigenvalue weighted by Gasteiger charge is -2.34. The van der Waals surface area contributed by atoms with Crippen molar-refractivity contribution in [2.24, 2.45) is 5.92 Å². The summed E-state index contributed by atoms with van der Waals surface area (Å²) in [5.41, 5.74) is -0.182. The second-order valence-corrected chi connectivity index (χ2v) is 6.35. The van der Waals surface area contributed by atoms with Gasteiger partial charge in [-0.25, -0.2) is 4.79 Å². The van der Waals surface area contributed by atoms with E-state index in [9.17, 15) is 19.7 Å². The summed E-state index contributed by atoms with van der Waals surface area (Å²) in [6.07, 6.45) is -0.373. The maximum atomic E-state index is 12.2. The first-order chi connectivity index (χ1) is 12.4. The molecule has 0 N–H and O–H groups in total. The number of hydrogen-bond donors (Lipinski definition) is 0. The minimum absolute atomic E-state index is 0.0572. The van der Waals surface area contributed by atoms with E-state index in [4.69, 9.17) is 9.47 Å². The highest BCUT2D eigenvalue weighted by molar-refractivity contribution is 5.78. The first-order valence-electron chi connectivity index (χ1n) is 8.44. The minimum atomic E-state index is -0.554. The number of carbonyl (C=O) groups is 2. The van der Waals surface area contributed by atoms with Crippen molar-refractivity contribution in [3.05, 3.63) is 34.4 Å². The summed E-state index contributed by atoms with van der Waals surface area (Å²) in [5, 5.41) is 10.9. The molecule has 1 aromatic carbocycles. The first-order valence-corrected chi connectivity index (χ1v) is 8.44. The van der Waals surface area contributed by atoms with Gasteiger partial charge in [-0.2, -0.15) is 0 Å². The van der Waals surface area contributed by atoms with Gasteiger partial charge in [0.2, 0.25) is 0 Å². The highest BCUT2D eigenvalue weighted by Crippen LogP contribution is 2.25. The molecule has 1 saturated heterocycles. The lowest BCUT2D eigenvalue weighted by atomic mass is 10.2. The van der Waals surface area contributed by atoms with Crippen LogP contribution < -0.4 is 4.74 Å². The number of rotatable bonds is 6. The molecule has 1 aliphatic rings. The molecule has 0 aromatic heterocycles. The zero-order chi connectivity index (χ0) is 19.1. The molecule has 142 valence electrons. The molecule has 0 aliphatic carbocycles. The fourth-order valence-electron chi connectivity index (χ4n) is 2.43. The van der Waals surface area contributed by atoms with Crippen LogP contribution in [0.2, 0.25) is 0 Å². The van der Waals surface area contributed by atoms with Gasteiger partial charge in [-0.05, 0) is 12.0 Å². The number of carbonyl (C=O) groups excluding carboxylic acids is 2. The summed E-state index contributed by atoms with van der Waals surface area (Å²) in [5.74, 6) is 0.0427. The average molecular weight is 365 g/mol. The van der Waals surface area contributed by atoms with Crippen LogP contribution in [-0.2, 0) is 9.53 Å². The van der Waals surface area contributed by atoms with Crippen LogP contribution in [0.4, 0.5) is 10.5 Å². The van der Waals surface area contributed by atoms with Gasteiger partial charge in [0.25, 0.3) is 5.91 Å². The topological polar surface area (TPSA) is 102 Å². The molecule has 0 bridgehead atoms. The molecular formula is C17H23N3O6. The van der Waals surface area contributed by atoms with Gasteiger partial charge in [0.05, 0.1) is 11.5 Å². The summed E-state index contributed by atoms with van der Waals surface area (Å²) in [6.45, 7) is 5.50. The molecule has 0 unspecified atom stereocenters. The van der Waals surface area contributed by atoms with Crippen LogP contribution in [0.15, 0.2) is 24.3 Å². The van der Waals surface area contributed by atoms with Gasteiger partial charge < -0.3 is 19.3 Å². The predicted molar refractivity (Wildman–Crippen MR) is 92.9 cm³/mol. The number of para-hydroxylation sites is 2. The van der Waals surface area contributed by atoms with Gasteiger partial charge in [0, 0.05) is 32.2 Å². The van der Waals surface area contributed by atoms with Crippen LogP contribution >= 0.6 is 0 Å². The normalized spacial score (nSPS) is 14.3. The molecular weight excluding hydrogens is 342 g/mol. The first kappa shape index (κ1) is 19.5. The zero-order valence-corrected chi connectivity index (χ0v) is 14.9. The van der Waals surface area contributed by atoms with Crippen molar-refractivity contribution in [2.75, 3.05) is 39.4 Å². The molecule has 9 nitrogen and oxygen atoms in total. The van der Waals surface area contributed by atoms with Crippen molar-refractivity contribution in [1.29, 1.82) is 0 Å². The molecule has 26 heavy (non-hydrogen) atoms. The summed E-state index contributed by atoms with van der Waals surface area (Å²) in [6, 6.07) is 5.91. The third kappa shape index (κ3) is 5.33. The molecule has 2 amide bonds. The van der Waals surface area contributed by atoms with Crippen LogP contribution in [0.25, 0.3) is 0 Å². The van der Waals surface area contributed by atoms with E-state index in [1.807, 2.05) is 13.8 Å². The Kier molecular flexibility index (Phi) is 6.76. The lowest BCUT2D eigenvalue weighted by Crippen LogP contribution is -2.51. The SMILES string of the molecule is CC(C)COC(=O)N1CCN(C(=O)COc2ccccc2[N+](=O)[O-])CC1. The van der Waals surface area contributed by atoms with Crippen molar-refractivity contribution in [2.45, 2.75) is 13.8 Å². The summed E-state index contributed by atoms with van der Waals surface area (Å²) in [4.78, 5) is 37.7. The third-order valence-corrected chi connectivity index (χ3v) is 3.84. The standard InChI is InChI=1S/C17H23N3O6/c1-13(2)11-26-17(22)19-9-7-18(8-10-19)16(21)12-25-15-6-4-3-5-14(15)20(23)24/h3-6,13H,7-12H2,1-2H3. The van der Waals surface area contributed by atoms with Crippen molar-refractivity contribution in [3.63, 3.8) is 0 Å². The van der Waals surface area contributed by atoms with Crippen LogP contribution in [-0.4, -0.2) is 66.1 Å². The van der Waals surface area contributed by atoms with E-state index in [1.54, 1.807) is 15.9 Å². The maximum Gasteiger partial charge on any atom is 0.409 e. The highest BCUT2D eigenvalue weighted by atomic mass is 16.6. The number of nitro groups is 1. The number of piperazine rings is 1. The molecule has 1 aromatic rings.